The molecule has 4 rings (SSSR count). The van der Waals surface area contributed by atoms with Crippen molar-refractivity contribution in [3.05, 3.63) is 54.5 Å². The number of nitrogens with zero attached hydrogens (tertiary/aromatic N) is 2. The Morgan fingerprint density at radius 3 is 2.90 bits per heavy atom. The largest absolute Gasteiger partial charge is 0.334 e. The average Bonchev–Trinajstić information content (AvgIpc) is 3.13. The molecule has 0 atom stereocenters. The van der Waals surface area contributed by atoms with Gasteiger partial charge in [-0.1, -0.05) is 12.1 Å². The van der Waals surface area contributed by atoms with Gasteiger partial charge in [0.05, 0.1) is 22.7 Å². The van der Waals surface area contributed by atoms with E-state index in [1.807, 2.05) is 42.5 Å². The minimum absolute atomic E-state index is 0.269. The quantitative estimate of drug-likeness (QED) is 0.526. The van der Waals surface area contributed by atoms with E-state index in [0.717, 1.165) is 21.9 Å². The number of para-hydroxylation sites is 2. The molecule has 1 amide bonds. The third kappa shape index (κ3) is 2.02. The first-order valence-corrected chi connectivity index (χ1v) is 6.49. The van der Waals surface area contributed by atoms with Gasteiger partial charge in [-0.3, -0.25) is 9.89 Å². The summed E-state index contributed by atoms with van der Waals surface area (Å²) in [5.74, 6) is 0.0255. The smallest absolute Gasteiger partial charge is 0.291 e. The number of aromatic amines is 2. The fraction of sp³-hybridized carbons (Fsp3) is 0. The summed E-state index contributed by atoms with van der Waals surface area (Å²) in [6.45, 7) is 0. The van der Waals surface area contributed by atoms with E-state index < -0.39 is 0 Å². The first-order valence-electron chi connectivity index (χ1n) is 6.49. The molecule has 6 heteroatoms. The van der Waals surface area contributed by atoms with Gasteiger partial charge in [0.25, 0.3) is 5.91 Å². The third-order valence-corrected chi connectivity index (χ3v) is 3.30. The summed E-state index contributed by atoms with van der Waals surface area (Å²) in [5.41, 5.74) is 3.24. The Balaban J connectivity index is 1.64. The number of aromatic nitrogens is 4. The Bertz CT molecular complexity index is 920. The van der Waals surface area contributed by atoms with Crippen LogP contribution in [-0.4, -0.2) is 26.1 Å². The zero-order chi connectivity index (χ0) is 14.2. The molecular weight excluding hydrogens is 266 g/mol. The molecule has 0 saturated heterocycles. The molecule has 3 N–H and O–H groups in total. The van der Waals surface area contributed by atoms with Crippen molar-refractivity contribution in [1.29, 1.82) is 0 Å². The molecule has 0 aliphatic rings. The number of imidazole rings is 1. The molecule has 0 saturated carbocycles. The van der Waals surface area contributed by atoms with E-state index in [0.29, 0.717) is 11.5 Å². The number of hydrogen-bond donors (Lipinski definition) is 3. The van der Waals surface area contributed by atoms with Crippen LogP contribution in [0.3, 0.4) is 0 Å². The number of H-pyrrole nitrogens is 2. The highest BCUT2D eigenvalue weighted by atomic mass is 16.2. The number of fused-ring (bicyclic) bond motifs is 2. The molecule has 2 aromatic carbocycles. The summed E-state index contributed by atoms with van der Waals surface area (Å²) in [6, 6.07) is 13.1. The highest BCUT2D eigenvalue weighted by molar-refractivity contribution is 6.04. The predicted octanol–water partition coefficient (Wildman–Crippen LogP) is 2.69. The normalized spacial score (nSPS) is 11.0. The number of hydrogen-bond acceptors (Lipinski definition) is 3. The van der Waals surface area contributed by atoms with Crippen molar-refractivity contribution in [2.24, 2.45) is 0 Å². The van der Waals surface area contributed by atoms with Crippen molar-refractivity contribution in [2.75, 3.05) is 5.32 Å². The molecule has 2 aromatic heterocycles. The van der Waals surface area contributed by atoms with Gasteiger partial charge in [0.2, 0.25) is 0 Å². The van der Waals surface area contributed by atoms with Gasteiger partial charge in [-0.2, -0.15) is 5.10 Å². The van der Waals surface area contributed by atoms with Gasteiger partial charge < -0.3 is 10.3 Å². The van der Waals surface area contributed by atoms with Crippen molar-refractivity contribution in [3.63, 3.8) is 0 Å². The second-order valence-electron chi connectivity index (χ2n) is 4.73. The fourth-order valence-electron chi connectivity index (χ4n) is 2.27. The number of amides is 1. The van der Waals surface area contributed by atoms with Crippen LogP contribution in [0.5, 0.6) is 0 Å². The summed E-state index contributed by atoms with van der Waals surface area (Å²) in [6.07, 6.45) is 1.71. The van der Waals surface area contributed by atoms with Gasteiger partial charge >= 0.3 is 0 Å². The zero-order valence-corrected chi connectivity index (χ0v) is 10.9. The molecule has 0 unspecified atom stereocenters. The molecule has 0 radical (unpaired) electrons. The van der Waals surface area contributed by atoms with E-state index in [1.54, 1.807) is 6.20 Å². The standard InChI is InChI=1S/C15H11N5O/c21-15(14-18-12-3-1-2-4-13(12)19-14)17-10-5-6-11-9(7-10)8-16-20-11/h1-8H,(H,16,20)(H,17,21)(H,18,19). The summed E-state index contributed by atoms with van der Waals surface area (Å²) >= 11 is 0. The molecule has 4 aromatic rings. The molecule has 2 heterocycles. The van der Waals surface area contributed by atoms with Crippen molar-refractivity contribution in [3.8, 4) is 0 Å². The molecular formula is C15H11N5O. The first-order chi connectivity index (χ1) is 10.3. The number of rotatable bonds is 2. The van der Waals surface area contributed by atoms with Crippen LogP contribution in [0, 0.1) is 0 Å². The van der Waals surface area contributed by atoms with E-state index in [2.05, 4.69) is 25.5 Å². The Labute approximate surface area is 119 Å². The minimum atomic E-state index is -0.269. The van der Waals surface area contributed by atoms with Crippen molar-refractivity contribution in [1.82, 2.24) is 20.2 Å². The lowest BCUT2D eigenvalue weighted by Crippen LogP contribution is -2.13. The van der Waals surface area contributed by atoms with Gasteiger partial charge in [0.1, 0.15) is 0 Å². The average molecular weight is 277 g/mol. The van der Waals surface area contributed by atoms with Crippen LogP contribution in [0.2, 0.25) is 0 Å². The Morgan fingerprint density at radius 2 is 2.00 bits per heavy atom. The second kappa shape index (κ2) is 4.45. The van der Waals surface area contributed by atoms with Crippen LogP contribution in [0.4, 0.5) is 5.69 Å². The van der Waals surface area contributed by atoms with E-state index in [4.69, 9.17) is 0 Å². The second-order valence-corrected chi connectivity index (χ2v) is 4.73. The lowest BCUT2D eigenvalue weighted by Gasteiger charge is -2.02. The monoisotopic (exact) mass is 277 g/mol. The highest BCUT2D eigenvalue weighted by Crippen LogP contribution is 2.17. The molecule has 0 aliphatic heterocycles. The summed E-state index contributed by atoms with van der Waals surface area (Å²) in [4.78, 5) is 19.5. The molecule has 21 heavy (non-hydrogen) atoms. The number of carbonyl (C=O) groups excluding carboxylic acids is 1. The topological polar surface area (TPSA) is 86.5 Å². The van der Waals surface area contributed by atoms with Crippen LogP contribution in [-0.2, 0) is 0 Å². The fourth-order valence-corrected chi connectivity index (χ4v) is 2.27. The van der Waals surface area contributed by atoms with Gasteiger partial charge in [0.15, 0.2) is 5.82 Å². The predicted molar refractivity (Wildman–Crippen MR) is 80.1 cm³/mol. The molecule has 0 spiro atoms. The maximum Gasteiger partial charge on any atom is 0.291 e. The minimum Gasteiger partial charge on any atom is -0.334 e. The zero-order valence-electron chi connectivity index (χ0n) is 10.9. The summed E-state index contributed by atoms with van der Waals surface area (Å²) in [5, 5.41) is 10.6. The van der Waals surface area contributed by atoms with Gasteiger partial charge in [-0.15, -0.1) is 0 Å². The van der Waals surface area contributed by atoms with Gasteiger partial charge in [0, 0.05) is 11.1 Å². The van der Waals surface area contributed by atoms with Crippen LogP contribution in [0.15, 0.2) is 48.7 Å². The van der Waals surface area contributed by atoms with Crippen molar-refractivity contribution >= 4 is 33.5 Å². The van der Waals surface area contributed by atoms with Crippen molar-refractivity contribution in [2.45, 2.75) is 0 Å². The number of carbonyl (C=O) groups is 1. The third-order valence-electron chi connectivity index (χ3n) is 3.30. The highest BCUT2D eigenvalue weighted by Gasteiger charge is 2.11. The summed E-state index contributed by atoms with van der Waals surface area (Å²) < 4.78 is 0. The van der Waals surface area contributed by atoms with Gasteiger partial charge in [-0.05, 0) is 30.3 Å². The molecule has 0 bridgehead atoms. The van der Waals surface area contributed by atoms with E-state index >= 15 is 0 Å². The molecule has 0 fully saturated rings. The molecule has 102 valence electrons. The maximum atomic E-state index is 12.2. The van der Waals surface area contributed by atoms with Crippen LogP contribution < -0.4 is 5.32 Å². The Hall–Kier alpha value is -3.15. The SMILES string of the molecule is O=C(Nc1ccc2[nH]ncc2c1)c1nc2ccccc2[nH]1. The van der Waals surface area contributed by atoms with E-state index in [-0.39, 0.29) is 5.91 Å². The van der Waals surface area contributed by atoms with Crippen LogP contribution >= 0.6 is 0 Å². The van der Waals surface area contributed by atoms with Crippen molar-refractivity contribution < 1.29 is 4.79 Å². The Morgan fingerprint density at radius 1 is 1.10 bits per heavy atom. The Kier molecular flexibility index (Phi) is 2.47. The van der Waals surface area contributed by atoms with E-state index in [1.165, 1.54) is 0 Å². The number of benzene rings is 2. The van der Waals surface area contributed by atoms with Crippen LogP contribution in [0.25, 0.3) is 21.9 Å². The molecule has 6 nitrogen and oxygen atoms in total. The van der Waals surface area contributed by atoms with Crippen LogP contribution in [0.1, 0.15) is 10.6 Å². The maximum absolute atomic E-state index is 12.2. The van der Waals surface area contributed by atoms with Gasteiger partial charge in [-0.25, -0.2) is 4.98 Å². The van der Waals surface area contributed by atoms with E-state index in [9.17, 15) is 4.79 Å². The first kappa shape index (κ1) is 11.7. The lowest BCUT2D eigenvalue weighted by molar-refractivity contribution is 0.101. The number of nitrogens with one attached hydrogen (secondary N) is 3. The lowest BCUT2D eigenvalue weighted by atomic mass is 10.2. The summed E-state index contributed by atoms with van der Waals surface area (Å²) in [7, 11) is 0. The molecule has 0 aliphatic carbocycles. The number of anilines is 1.